The molecule has 1 fully saturated rings. The van der Waals surface area contributed by atoms with E-state index in [4.69, 9.17) is 0 Å². The van der Waals surface area contributed by atoms with Crippen molar-refractivity contribution < 1.29 is 14.0 Å². The summed E-state index contributed by atoms with van der Waals surface area (Å²) in [4.78, 5) is 29.3. The van der Waals surface area contributed by atoms with Crippen LogP contribution in [0.1, 0.15) is 42.5 Å². The lowest BCUT2D eigenvalue weighted by molar-refractivity contribution is -0.133. The van der Waals surface area contributed by atoms with Crippen molar-refractivity contribution >= 4 is 11.8 Å². The van der Waals surface area contributed by atoms with Crippen molar-refractivity contribution in [2.24, 2.45) is 0 Å². The number of rotatable bonds is 5. The molecule has 1 aromatic heterocycles. The molecule has 1 aromatic carbocycles. The summed E-state index contributed by atoms with van der Waals surface area (Å²) in [5, 5.41) is 2.55. The first-order valence-electron chi connectivity index (χ1n) is 9.23. The maximum Gasteiger partial charge on any atom is 0.241 e. The second-order valence-corrected chi connectivity index (χ2v) is 6.92. The average molecular weight is 369 g/mol. The van der Waals surface area contributed by atoms with Gasteiger partial charge in [0, 0.05) is 44.2 Å². The Kier molecular flexibility index (Phi) is 6.16. The molecule has 2 amide bonds. The number of piperidine rings is 1. The molecule has 0 unspecified atom stereocenters. The van der Waals surface area contributed by atoms with Crippen LogP contribution in [0.15, 0.2) is 42.6 Å². The minimum Gasteiger partial charge on any atom is -0.347 e. The molecule has 5 nitrogen and oxygen atoms in total. The molecule has 0 saturated carbocycles. The first-order valence-corrected chi connectivity index (χ1v) is 9.23. The van der Waals surface area contributed by atoms with Gasteiger partial charge in [0.2, 0.25) is 11.8 Å². The molecule has 0 aliphatic carbocycles. The zero-order valence-electron chi connectivity index (χ0n) is 15.5. The van der Waals surface area contributed by atoms with Gasteiger partial charge < -0.3 is 10.2 Å². The van der Waals surface area contributed by atoms with E-state index >= 15 is 0 Å². The highest BCUT2D eigenvalue weighted by Gasteiger charge is 2.24. The Balaban J connectivity index is 1.53. The van der Waals surface area contributed by atoms with Gasteiger partial charge in [-0.15, -0.1) is 0 Å². The van der Waals surface area contributed by atoms with E-state index in [0.717, 1.165) is 24.1 Å². The molecular weight excluding hydrogens is 345 g/mol. The third-order valence-electron chi connectivity index (χ3n) is 4.95. The topological polar surface area (TPSA) is 62.3 Å². The van der Waals surface area contributed by atoms with E-state index in [2.05, 4.69) is 10.3 Å². The van der Waals surface area contributed by atoms with E-state index in [1.54, 1.807) is 17.0 Å². The quantitative estimate of drug-likeness (QED) is 0.881. The summed E-state index contributed by atoms with van der Waals surface area (Å²) in [6.45, 7) is 2.80. The third kappa shape index (κ3) is 5.12. The second kappa shape index (κ2) is 8.75. The number of halogens is 1. The molecule has 2 heterocycles. The lowest BCUT2D eigenvalue weighted by Gasteiger charge is -2.31. The van der Waals surface area contributed by atoms with E-state index < -0.39 is 0 Å². The number of hydrogen-bond donors (Lipinski definition) is 1. The fourth-order valence-corrected chi connectivity index (χ4v) is 3.38. The van der Waals surface area contributed by atoms with Gasteiger partial charge in [-0.2, -0.15) is 0 Å². The number of amides is 2. The number of likely N-dealkylation sites (tertiary alicyclic amines) is 1. The third-order valence-corrected chi connectivity index (χ3v) is 4.95. The molecule has 27 heavy (non-hydrogen) atoms. The summed E-state index contributed by atoms with van der Waals surface area (Å²) < 4.78 is 13.8. The predicted octanol–water partition coefficient (Wildman–Crippen LogP) is 2.65. The van der Waals surface area contributed by atoms with E-state index in [-0.39, 0.29) is 24.2 Å². The summed E-state index contributed by atoms with van der Waals surface area (Å²) in [7, 11) is 0. The normalized spacial score (nSPS) is 14.8. The van der Waals surface area contributed by atoms with E-state index in [0.29, 0.717) is 31.0 Å². The summed E-state index contributed by atoms with van der Waals surface area (Å²) >= 11 is 0. The van der Waals surface area contributed by atoms with Gasteiger partial charge >= 0.3 is 0 Å². The highest BCUT2D eigenvalue weighted by Crippen LogP contribution is 2.27. The van der Waals surface area contributed by atoms with Crippen LogP contribution in [0.3, 0.4) is 0 Å². The molecule has 0 spiro atoms. The number of carbonyl (C=O) groups is 2. The molecule has 6 heteroatoms. The van der Waals surface area contributed by atoms with E-state index in [1.165, 1.54) is 13.0 Å². The molecule has 0 bridgehead atoms. The minimum absolute atomic E-state index is 0.0446. The van der Waals surface area contributed by atoms with Gasteiger partial charge in [-0.25, -0.2) is 4.39 Å². The van der Waals surface area contributed by atoms with Crippen LogP contribution < -0.4 is 5.32 Å². The molecular formula is C21H24FN3O2. The van der Waals surface area contributed by atoms with Gasteiger partial charge in [0.1, 0.15) is 5.82 Å². The molecule has 3 rings (SSSR count). The van der Waals surface area contributed by atoms with Crippen molar-refractivity contribution in [3.8, 4) is 0 Å². The van der Waals surface area contributed by atoms with Gasteiger partial charge in [0.05, 0.1) is 6.54 Å². The van der Waals surface area contributed by atoms with Crippen LogP contribution in [0, 0.1) is 5.82 Å². The highest BCUT2D eigenvalue weighted by atomic mass is 19.1. The second-order valence-electron chi connectivity index (χ2n) is 6.92. The van der Waals surface area contributed by atoms with Crippen molar-refractivity contribution in [1.29, 1.82) is 0 Å². The Morgan fingerprint density at radius 2 is 1.93 bits per heavy atom. The SMILES string of the molecule is CC(=O)NCC(=O)N1CCC(c2ccc(Cc3ccccc3F)cn2)CC1. The number of nitrogens with zero attached hydrogens (tertiary/aromatic N) is 2. The Bertz CT molecular complexity index is 799. The average Bonchev–Trinajstić information content (AvgIpc) is 2.68. The van der Waals surface area contributed by atoms with Crippen molar-refractivity contribution in [2.75, 3.05) is 19.6 Å². The summed E-state index contributed by atoms with van der Waals surface area (Å²) in [6.07, 6.45) is 4.04. The van der Waals surface area contributed by atoms with E-state index in [9.17, 15) is 14.0 Å². The van der Waals surface area contributed by atoms with Gasteiger partial charge in [-0.3, -0.25) is 14.6 Å². The highest BCUT2D eigenvalue weighted by molar-refractivity contribution is 5.83. The predicted molar refractivity (Wildman–Crippen MR) is 101 cm³/mol. The Morgan fingerprint density at radius 1 is 1.19 bits per heavy atom. The molecule has 1 N–H and O–H groups in total. The van der Waals surface area contributed by atoms with Gasteiger partial charge in [-0.05, 0) is 36.1 Å². The molecule has 1 saturated heterocycles. The van der Waals surface area contributed by atoms with Crippen LogP contribution in [-0.4, -0.2) is 41.3 Å². The first-order chi connectivity index (χ1) is 13.0. The van der Waals surface area contributed by atoms with Crippen molar-refractivity contribution in [1.82, 2.24) is 15.2 Å². The fraction of sp³-hybridized carbons (Fsp3) is 0.381. The summed E-state index contributed by atoms with van der Waals surface area (Å²) in [5.41, 5.74) is 2.66. The van der Waals surface area contributed by atoms with Crippen molar-refractivity contribution in [3.05, 3.63) is 65.2 Å². The number of aromatic nitrogens is 1. The van der Waals surface area contributed by atoms with Crippen LogP contribution in [-0.2, 0) is 16.0 Å². The minimum atomic E-state index is -0.196. The number of benzene rings is 1. The van der Waals surface area contributed by atoms with Crippen LogP contribution in [0.4, 0.5) is 4.39 Å². The number of carbonyl (C=O) groups excluding carboxylic acids is 2. The van der Waals surface area contributed by atoms with Gasteiger partial charge in [-0.1, -0.05) is 24.3 Å². The molecule has 1 aliphatic rings. The van der Waals surface area contributed by atoms with Crippen LogP contribution in [0.5, 0.6) is 0 Å². The molecule has 142 valence electrons. The maximum absolute atomic E-state index is 13.8. The van der Waals surface area contributed by atoms with Crippen LogP contribution in [0.2, 0.25) is 0 Å². The molecule has 2 aromatic rings. The van der Waals surface area contributed by atoms with Crippen molar-refractivity contribution in [2.45, 2.75) is 32.1 Å². The van der Waals surface area contributed by atoms with E-state index in [1.807, 2.05) is 24.4 Å². The van der Waals surface area contributed by atoms with Crippen LogP contribution >= 0.6 is 0 Å². The fourth-order valence-electron chi connectivity index (χ4n) is 3.38. The first kappa shape index (κ1) is 19.0. The van der Waals surface area contributed by atoms with Crippen LogP contribution in [0.25, 0.3) is 0 Å². The van der Waals surface area contributed by atoms with Crippen molar-refractivity contribution in [3.63, 3.8) is 0 Å². The Hall–Kier alpha value is -2.76. The summed E-state index contributed by atoms with van der Waals surface area (Å²) in [5.74, 6) is -0.120. The number of hydrogen-bond acceptors (Lipinski definition) is 3. The Morgan fingerprint density at radius 3 is 2.56 bits per heavy atom. The smallest absolute Gasteiger partial charge is 0.241 e. The molecule has 1 aliphatic heterocycles. The molecule has 0 atom stereocenters. The number of pyridine rings is 1. The largest absolute Gasteiger partial charge is 0.347 e. The zero-order chi connectivity index (χ0) is 19.2. The van der Waals surface area contributed by atoms with Gasteiger partial charge in [0.15, 0.2) is 0 Å². The standard InChI is InChI=1S/C21H24FN3O2/c1-15(26)23-14-21(27)25-10-8-17(9-11-25)20-7-6-16(13-24-20)12-18-4-2-3-5-19(18)22/h2-7,13,17H,8-12,14H2,1H3,(H,23,26). The van der Waals surface area contributed by atoms with Gasteiger partial charge in [0.25, 0.3) is 0 Å². The Labute approximate surface area is 158 Å². The molecule has 0 radical (unpaired) electrons. The zero-order valence-corrected chi connectivity index (χ0v) is 15.5. The lowest BCUT2D eigenvalue weighted by atomic mass is 9.92. The lowest BCUT2D eigenvalue weighted by Crippen LogP contribution is -2.43. The summed E-state index contributed by atoms with van der Waals surface area (Å²) in [6, 6.07) is 10.8. The maximum atomic E-state index is 13.8. The number of nitrogens with one attached hydrogen (secondary N) is 1. The monoisotopic (exact) mass is 369 g/mol.